The first-order valence-electron chi connectivity index (χ1n) is 6.15. The first kappa shape index (κ1) is 21.2. The van der Waals surface area contributed by atoms with E-state index < -0.39 is 48.9 Å². The van der Waals surface area contributed by atoms with Crippen LogP contribution in [0.15, 0.2) is 28.1 Å². The van der Waals surface area contributed by atoms with E-state index >= 15 is 0 Å². The van der Waals surface area contributed by atoms with Crippen molar-refractivity contribution in [2.45, 2.75) is 12.4 Å². The van der Waals surface area contributed by atoms with Gasteiger partial charge in [-0.05, 0) is 24.5 Å². The molecule has 0 radical (unpaired) electrons. The van der Waals surface area contributed by atoms with Gasteiger partial charge in [-0.1, -0.05) is 0 Å². The Morgan fingerprint density at radius 3 is 1.80 bits per heavy atom. The maximum Gasteiger partial charge on any atom is 0.416 e. The molecule has 1 aromatic carbocycles. The maximum absolute atomic E-state index is 12.8. The highest BCUT2D eigenvalue weighted by molar-refractivity contribution is 8.04. The predicted octanol–water partition coefficient (Wildman–Crippen LogP) is 4.24. The minimum Gasteiger partial charge on any atom is -0.349 e. The third kappa shape index (κ3) is 5.57. The molecule has 0 saturated carbocycles. The van der Waals surface area contributed by atoms with Crippen molar-refractivity contribution < 1.29 is 34.8 Å². The van der Waals surface area contributed by atoms with Gasteiger partial charge in [-0.3, -0.25) is 0 Å². The first-order valence-corrected chi connectivity index (χ1v) is 9.26. The van der Waals surface area contributed by atoms with Crippen molar-refractivity contribution in [3.63, 3.8) is 0 Å². The molecule has 4 nitrogen and oxygen atoms in total. The Balaban J connectivity index is 3.57. The van der Waals surface area contributed by atoms with Crippen molar-refractivity contribution in [3.8, 4) is 6.07 Å². The highest BCUT2D eigenvalue weighted by Gasteiger charge is 2.37. The average Bonchev–Trinajstić information content (AvgIpc) is 2.43. The molecule has 0 unspecified atom stereocenters. The Labute approximate surface area is 143 Å². The fourth-order valence-corrected chi connectivity index (χ4v) is 3.37. The lowest BCUT2D eigenvalue weighted by molar-refractivity contribution is -0.143. The quantitative estimate of drug-likeness (QED) is 0.601. The number of anilines is 1. The molecule has 138 valence electrons. The minimum atomic E-state index is -5.05. The second-order valence-corrected chi connectivity index (χ2v) is 7.43. The molecule has 12 heteroatoms. The molecular formula is C13H10F6N2O2S2. The Bertz CT molecular complexity index is 803. The van der Waals surface area contributed by atoms with Gasteiger partial charge >= 0.3 is 12.4 Å². The summed E-state index contributed by atoms with van der Waals surface area (Å²) in [5.74, 6) is 0. The summed E-state index contributed by atoms with van der Waals surface area (Å²) >= 11 is 0.655. The number of nitrogens with zero attached hydrogens (tertiary/aromatic N) is 1. The summed E-state index contributed by atoms with van der Waals surface area (Å²) in [5, 5.41) is 10.7. The average molecular weight is 404 g/mol. The topological polar surface area (TPSA) is 70.0 Å². The van der Waals surface area contributed by atoms with Crippen LogP contribution in [0.5, 0.6) is 0 Å². The number of hydrogen-bond acceptors (Lipinski definition) is 5. The Morgan fingerprint density at radius 1 is 1.08 bits per heavy atom. The number of thioether (sulfide) groups is 1. The number of sulfone groups is 1. The van der Waals surface area contributed by atoms with E-state index in [9.17, 15) is 34.8 Å². The summed E-state index contributed by atoms with van der Waals surface area (Å²) in [4.78, 5) is -0.800. The molecule has 1 rings (SSSR count). The molecule has 0 aliphatic rings. The lowest BCUT2D eigenvalue weighted by atomic mass is 10.1. The van der Waals surface area contributed by atoms with Gasteiger partial charge in [0, 0.05) is 11.9 Å². The van der Waals surface area contributed by atoms with Crippen molar-refractivity contribution >= 4 is 27.3 Å². The second-order valence-electron chi connectivity index (χ2n) is 4.67. The van der Waals surface area contributed by atoms with Gasteiger partial charge in [0.05, 0.1) is 11.1 Å². The second kappa shape index (κ2) is 7.17. The summed E-state index contributed by atoms with van der Waals surface area (Å²) in [5.41, 5.74) is -3.78. The lowest BCUT2D eigenvalue weighted by Gasteiger charge is -2.16. The molecule has 1 N–H and O–H groups in total. The highest BCUT2D eigenvalue weighted by Crippen LogP contribution is 2.38. The van der Waals surface area contributed by atoms with Gasteiger partial charge in [-0.25, -0.2) is 8.42 Å². The first-order chi connectivity index (χ1) is 11.2. The third-order valence-electron chi connectivity index (χ3n) is 2.73. The SMILES string of the molecule is CS/C(Nc1cc(C(F)(F)F)cc(C(F)(F)F)c1)=C(\C#N)S(C)(=O)=O. The minimum absolute atomic E-state index is 0.0601. The fourth-order valence-electron chi connectivity index (χ4n) is 1.66. The Morgan fingerprint density at radius 2 is 1.52 bits per heavy atom. The van der Waals surface area contributed by atoms with E-state index in [2.05, 4.69) is 5.32 Å². The number of benzene rings is 1. The van der Waals surface area contributed by atoms with Crippen LogP contribution in [0.3, 0.4) is 0 Å². The molecule has 0 aliphatic heterocycles. The third-order valence-corrected chi connectivity index (χ3v) is 4.61. The summed E-state index contributed by atoms with van der Waals surface area (Å²) in [6.07, 6.45) is -8.09. The molecule has 0 saturated heterocycles. The van der Waals surface area contributed by atoms with Crippen molar-refractivity contribution in [3.05, 3.63) is 39.3 Å². The van der Waals surface area contributed by atoms with Crippen molar-refractivity contribution in [2.24, 2.45) is 0 Å². The standard InChI is InChI=1S/C13H10F6N2O2S2/c1-24-11(10(6-20)25(2,22)23)21-9-4-7(12(14,15)16)3-8(5-9)13(17,18)19/h3-5,21H,1-2H3/b11-10+. The van der Waals surface area contributed by atoms with E-state index in [0.29, 0.717) is 30.2 Å². The predicted molar refractivity (Wildman–Crippen MR) is 81.1 cm³/mol. The van der Waals surface area contributed by atoms with E-state index in [0.717, 1.165) is 0 Å². The van der Waals surface area contributed by atoms with Crippen molar-refractivity contribution in [1.82, 2.24) is 0 Å². The summed E-state index contributed by atoms with van der Waals surface area (Å²) in [7, 11) is -4.03. The number of allylic oxidation sites excluding steroid dienone is 1. The largest absolute Gasteiger partial charge is 0.416 e. The molecule has 0 spiro atoms. The van der Waals surface area contributed by atoms with Gasteiger partial charge in [0.25, 0.3) is 0 Å². The van der Waals surface area contributed by atoms with Crippen LogP contribution in [0.1, 0.15) is 11.1 Å². The smallest absolute Gasteiger partial charge is 0.349 e. The van der Waals surface area contributed by atoms with Crippen LogP contribution in [0, 0.1) is 11.3 Å². The van der Waals surface area contributed by atoms with Crippen molar-refractivity contribution in [1.29, 1.82) is 5.26 Å². The lowest BCUT2D eigenvalue weighted by Crippen LogP contribution is -2.13. The number of rotatable bonds is 4. The van der Waals surface area contributed by atoms with Gasteiger partial charge in [-0.15, -0.1) is 11.8 Å². The highest BCUT2D eigenvalue weighted by atomic mass is 32.2. The normalized spacial score (nSPS) is 13.9. The van der Waals surface area contributed by atoms with E-state index in [1.807, 2.05) is 0 Å². The van der Waals surface area contributed by atoms with Crippen molar-refractivity contribution in [2.75, 3.05) is 17.8 Å². The summed E-state index contributed by atoms with van der Waals surface area (Å²) in [6, 6.07) is 2.09. The zero-order valence-electron chi connectivity index (χ0n) is 12.6. The van der Waals surface area contributed by atoms with Crippen LogP contribution in [0.2, 0.25) is 0 Å². The van der Waals surface area contributed by atoms with Crippen LogP contribution in [0.4, 0.5) is 32.0 Å². The van der Waals surface area contributed by atoms with Crippen LogP contribution in [-0.4, -0.2) is 20.9 Å². The van der Waals surface area contributed by atoms with E-state index in [-0.39, 0.29) is 6.07 Å². The summed E-state index contributed by atoms with van der Waals surface area (Å²) in [6.45, 7) is 0. The zero-order valence-corrected chi connectivity index (χ0v) is 14.2. The van der Waals surface area contributed by atoms with Crippen LogP contribution >= 0.6 is 11.8 Å². The van der Waals surface area contributed by atoms with E-state index in [1.54, 1.807) is 0 Å². The van der Waals surface area contributed by atoms with E-state index in [1.165, 1.54) is 12.3 Å². The van der Waals surface area contributed by atoms with E-state index in [4.69, 9.17) is 5.26 Å². The number of hydrogen-bond donors (Lipinski definition) is 1. The van der Waals surface area contributed by atoms with Gasteiger partial charge < -0.3 is 5.32 Å². The Hall–Kier alpha value is -1.87. The maximum atomic E-state index is 12.8. The van der Waals surface area contributed by atoms with Gasteiger partial charge in [0.2, 0.25) is 0 Å². The zero-order chi connectivity index (χ0) is 19.6. The number of nitrogens with one attached hydrogen (secondary N) is 1. The molecule has 0 aromatic heterocycles. The number of nitriles is 1. The monoisotopic (exact) mass is 404 g/mol. The Kier molecular flexibility index (Phi) is 6.07. The molecule has 0 bridgehead atoms. The van der Waals surface area contributed by atoms with Gasteiger partial charge in [-0.2, -0.15) is 31.6 Å². The molecule has 0 aliphatic carbocycles. The molecule has 1 aromatic rings. The number of alkyl halides is 6. The number of halogens is 6. The molecule has 0 fully saturated rings. The van der Waals surface area contributed by atoms with Crippen LogP contribution in [-0.2, 0) is 22.2 Å². The molecular weight excluding hydrogens is 394 g/mol. The molecule has 0 atom stereocenters. The van der Waals surface area contributed by atoms with Gasteiger partial charge in [0.15, 0.2) is 14.7 Å². The summed E-state index contributed by atoms with van der Waals surface area (Å²) < 4.78 is 99.9. The molecule has 0 amide bonds. The molecule has 25 heavy (non-hydrogen) atoms. The van der Waals surface area contributed by atoms with Crippen LogP contribution < -0.4 is 5.32 Å². The molecule has 0 heterocycles. The fraction of sp³-hybridized carbons (Fsp3) is 0.308. The van der Waals surface area contributed by atoms with Crippen LogP contribution in [0.25, 0.3) is 0 Å². The van der Waals surface area contributed by atoms with Gasteiger partial charge in [0.1, 0.15) is 11.1 Å².